The molecule has 6 heteroatoms. The van der Waals surface area contributed by atoms with Crippen LogP contribution in [0.2, 0.25) is 5.02 Å². The van der Waals surface area contributed by atoms with E-state index in [0.29, 0.717) is 23.1 Å². The Morgan fingerprint density at radius 3 is 2.84 bits per heavy atom. The molecule has 0 radical (unpaired) electrons. The summed E-state index contributed by atoms with van der Waals surface area (Å²) in [7, 11) is 0. The quantitative estimate of drug-likeness (QED) is 0.729. The first kappa shape index (κ1) is 17.0. The predicted molar refractivity (Wildman–Crippen MR) is 98.1 cm³/mol. The van der Waals surface area contributed by atoms with E-state index in [4.69, 9.17) is 16.3 Å². The summed E-state index contributed by atoms with van der Waals surface area (Å²) in [6.45, 7) is 2.50. The van der Waals surface area contributed by atoms with Crippen LogP contribution in [0, 0.1) is 6.92 Å². The van der Waals surface area contributed by atoms with Crippen molar-refractivity contribution in [2.75, 3.05) is 11.9 Å². The lowest BCUT2D eigenvalue weighted by Gasteiger charge is -2.11. The number of hydrogen-bond acceptors (Lipinski definition) is 3. The number of carbonyl (C=O) groups is 1. The van der Waals surface area contributed by atoms with Gasteiger partial charge in [-0.25, -0.2) is 4.68 Å². The van der Waals surface area contributed by atoms with Gasteiger partial charge in [-0.1, -0.05) is 53.6 Å². The van der Waals surface area contributed by atoms with Crippen LogP contribution < -0.4 is 10.1 Å². The molecule has 1 aromatic heterocycles. The summed E-state index contributed by atoms with van der Waals surface area (Å²) in [6, 6.07) is 17.0. The minimum atomic E-state index is -0.272. The lowest BCUT2D eigenvalue weighted by atomic mass is 10.1. The fourth-order valence-electron chi connectivity index (χ4n) is 2.43. The number of hydrogen-bond donors (Lipinski definition) is 1. The van der Waals surface area contributed by atoms with Crippen molar-refractivity contribution in [3.05, 3.63) is 76.9 Å². The van der Waals surface area contributed by atoms with Crippen LogP contribution in [0.5, 0.6) is 5.75 Å². The third kappa shape index (κ3) is 4.61. The maximum Gasteiger partial charge on any atom is 0.263 e. The van der Waals surface area contributed by atoms with Gasteiger partial charge >= 0.3 is 0 Å². The highest BCUT2D eigenvalue weighted by Crippen LogP contribution is 2.23. The molecule has 25 heavy (non-hydrogen) atoms. The second-order valence-electron chi connectivity index (χ2n) is 5.63. The molecular weight excluding hydrogens is 338 g/mol. The van der Waals surface area contributed by atoms with E-state index < -0.39 is 0 Å². The molecule has 0 aliphatic rings. The number of nitrogens with one attached hydrogen (secondary N) is 1. The minimum absolute atomic E-state index is 0.126. The van der Waals surface area contributed by atoms with Crippen molar-refractivity contribution in [1.29, 1.82) is 0 Å². The number of benzene rings is 2. The molecule has 0 atom stereocenters. The van der Waals surface area contributed by atoms with Gasteiger partial charge in [-0.05, 0) is 24.6 Å². The molecule has 5 nitrogen and oxygen atoms in total. The van der Waals surface area contributed by atoms with Gasteiger partial charge in [0.2, 0.25) is 0 Å². The summed E-state index contributed by atoms with van der Waals surface area (Å²) < 4.78 is 7.19. The van der Waals surface area contributed by atoms with Crippen LogP contribution in [0.25, 0.3) is 0 Å². The van der Waals surface area contributed by atoms with Gasteiger partial charge in [-0.2, -0.15) is 5.10 Å². The zero-order chi connectivity index (χ0) is 17.6. The van der Waals surface area contributed by atoms with Gasteiger partial charge in [-0.15, -0.1) is 0 Å². The molecule has 1 N–H and O–H groups in total. The molecule has 0 fully saturated rings. The number of ether oxygens (including phenoxy) is 1. The molecular formula is C19H18ClN3O2. The van der Waals surface area contributed by atoms with E-state index in [0.717, 1.165) is 5.56 Å². The Labute approximate surface area is 151 Å². The number of nitrogens with zero attached hydrogens (tertiary/aromatic N) is 2. The van der Waals surface area contributed by atoms with Crippen LogP contribution in [0.1, 0.15) is 11.1 Å². The fourth-order valence-corrected chi connectivity index (χ4v) is 2.62. The minimum Gasteiger partial charge on any atom is -0.482 e. The second kappa shape index (κ2) is 7.85. The van der Waals surface area contributed by atoms with Crippen LogP contribution in [0.3, 0.4) is 0 Å². The zero-order valence-electron chi connectivity index (χ0n) is 13.8. The van der Waals surface area contributed by atoms with Crippen molar-refractivity contribution in [3.63, 3.8) is 0 Å². The molecule has 1 amide bonds. The molecule has 0 saturated heterocycles. The molecule has 1 heterocycles. The average Bonchev–Trinajstić information content (AvgIpc) is 3.01. The van der Waals surface area contributed by atoms with Gasteiger partial charge in [0.25, 0.3) is 5.91 Å². The van der Waals surface area contributed by atoms with Crippen molar-refractivity contribution in [1.82, 2.24) is 9.78 Å². The second-order valence-corrected chi connectivity index (χ2v) is 6.04. The number of carbonyl (C=O) groups excluding carboxylic acids is 1. The van der Waals surface area contributed by atoms with Gasteiger partial charge in [0.1, 0.15) is 11.6 Å². The first-order valence-electron chi connectivity index (χ1n) is 7.86. The van der Waals surface area contributed by atoms with Gasteiger partial charge < -0.3 is 10.1 Å². The summed E-state index contributed by atoms with van der Waals surface area (Å²) in [6.07, 6.45) is 1.65. The van der Waals surface area contributed by atoms with Crippen LogP contribution in [-0.2, 0) is 11.3 Å². The highest BCUT2D eigenvalue weighted by molar-refractivity contribution is 6.32. The Morgan fingerprint density at radius 1 is 1.20 bits per heavy atom. The fraction of sp³-hybridized carbons (Fsp3) is 0.158. The molecule has 128 valence electrons. The van der Waals surface area contributed by atoms with Crippen molar-refractivity contribution in [2.24, 2.45) is 0 Å². The van der Waals surface area contributed by atoms with E-state index in [2.05, 4.69) is 16.5 Å². The number of amides is 1. The number of para-hydroxylation sites is 1. The van der Waals surface area contributed by atoms with E-state index in [1.807, 2.05) is 25.1 Å². The molecule has 0 bridgehead atoms. The maximum atomic E-state index is 12.1. The first-order valence-corrected chi connectivity index (χ1v) is 8.24. The first-order chi connectivity index (χ1) is 12.1. The number of halogens is 1. The lowest BCUT2D eigenvalue weighted by molar-refractivity contribution is -0.118. The number of aryl methyl sites for hydroxylation is 1. The van der Waals surface area contributed by atoms with Gasteiger partial charge in [-0.3, -0.25) is 4.79 Å². The summed E-state index contributed by atoms with van der Waals surface area (Å²) in [5.41, 5.74) is 2.30. The van der Waals surface area contributed by atoms with Crippen LogP contribution >= 0.6 is 11.6 Å². The summed E-state index contributed by atoms with van der Waals surface area (Å²) in [5.74, 6) is 0.827. The molecule has 3 rings (SSSR count). The lowest BCUT2D eigenvalue weighted by Crippen LogP contribution is -2.22. The van der Waals surface area contributed by atoms with E-state index >= 15 is 0 Å². The maximum absolute atomic E-state index is 12.1. The van der Waals surface area contributed by atoms with E-state index in [9.17, 15) is 4.79 Å². The van der Waals surface area contributed by atoms with Crippen molar-refractivity contribution >= 4 is 23.3 Å². The molecule has 0 aliphatic heterocycles. The molecule has 0 saturated carbocycles. The Balaban J connectivity index is 1.61. The Kier molecular flexibility index (Phi) is 5.36. The number of rotatable bonds is 6. The summed E-state index contributed by atoms with van der Waals surface area (Å²) in [4.78, 5) is 12.1. The number of aromatic nitrogens is 2. The Hall–Kier alpha value is -2.79. The molecule has 0 aliphatic carbocycles. The van der Waals surface area contributed by atoms with Crippen LogP contribution in [-0.4, -0.2) is 22.3 Å². The SMILES string of the molecule is Cc1cccc(Cn2nccc2NC(=O)COc2ccccc2Cl)c1. The third-order valence-corrected chi connectivity index (χ3v) is 3.91. The summed E-state index contributed by atoms with van der Waals surface area (Å²) >= 11 is 6.01. The van der Waals surface area contributed by atoms with E-state index in [1.165, 1.54) is 5.56 Å². The topological polar surface area (TPSA) is 56.2 Å². The summed E-state index contributed by atoms with van der Waals surface area (Å²) in [5, 5.41) is 7.55. The molecule has 3 aromatic rings. The normalized spacial score (nSPS) is 10.5. The van der Waals surface area contributed by atoms with Gasteiger partial charge in [0.15, 0.2) is 6.61 Å². The largest absolute Gasteiger partial charge is 0.482 e. The van der Waals surface area contributed by atoms with E-state index in [1.54, 1.807) is 41.2 Å². The van der Waals surface area contributed by atoms with Gasteiger partial charge in [0, 0.05) is 6.07 Å². The zero-order valence-corrected chi connectivity index (χ0v) is 14.5. The van der Waals surface area contributed by atoms with Gasteiger partial charge in [0.05, 0.1) is 17.8 Å². The van der Waals surface area contributed by atoms with Crippen LogP contribution in [0.15, 0.2) is 60.8 Å². The van der Waals surface area contributed by atoms with E-state index in [-0.39, 0.29) is 12.5 Å². The van der Waals surface area contributed by atoms with Crippen molar-refractivity contribution in [3.8, 4) is 5.75 Å². The molecule has 0 spiro atoms. The average molecular weight is 356 g/mol. The monoisotopic (exact) mass is 355 g/mol. The van der Waals surface area contributed by atoms with Crippen LogP contribution in [0.4, 0.5) is 5.82 Å². The predicted octanol–water partition coefficient (Wildman–Crippen LogP) is 3.91. The standard InChI is InChI=1S/C19H18ClN3O2/c1-14-5-4-6-15(11-14)12-23-18(9-10-21-23)22-19(24)13-25-17-8-3-2-7-16(17)20/h2-11H,12-13H2,1H3,(H,22,24). The number of anilines is 1. The van der Waals surface area contributed by atoms with Crippen molar-refractivity contribution < 1.29 is 9.53 Å². The third-order valence-electron chi connectivity index (χ3n) is 3.59. The molecule has 2 aromatic carbocycles. The van der Waals surface area contributed by atoms with Crippen molar-refractivity contribution in [2.45, 2.75) is 13.5 Å². The smallest absolute Gasteiger partial charge is 0.263 e. The highest BCUT2D eigenvalue weighted by Gasteiger charge is 2.10. The Morgan fingerprint density at radius 2 is 2.04 bits per heavy atom. The highest BCUT2D eigenvalue weighted by atomic mass is 35.5. The Bertz CT molecular complexity index is 876. The molecule has 0 unspecified atom stereocenters.